The van der Waals surface area contributed by atoms with Crippen molar-refractivity contribution in [3.05, 3.63) is 29.1 Å². The first-order valence-electron chi connectivity index (χ1n) is 6.03. The van der Waals surface area contributed by atoms with E-state index < -0.39 is 0 Å². The standard InChI is InChI=1S/C13H21N3O/c1-4-16(9-5-8-14)13(17)12-7-6-10(2)15-11(12)3/h6-7H,4-5,8-9,14H2,1-3H3. The third-order valence-electron chi connectivity index (χ3n) is 2.76. The average Bonchev–Trinajstić information content (AvgIpc) is 2.29. The van der Waals surface area contributed by atoms with Crippen molar-refractivity contribution in [2.75, 3.05) is 19.6 Å². The number of nitrogens with two attached hydrogens (primary N) is 1. The average molecular weight is 235 g/mol. The topological polar surface area (TPSA) is 59.2 Å². The fraction of sp³-hybridized carbons (Fsp3) is 0.538. The minimum absolute atomic E-state index is 0.0472. The van der Waals surface area contributed by atoms with E-state index in [-0.39, 0.29) is 5.91 Å². The molecular formula is C13H21N3O. The monoisotopic (exact) mass is 235 g/mol. The van der Waals surface area contributed by atoms with Crippen molar-refractivity contribution in [1.82, 2.24) is 9.88 Å². The van der Waals surface area contributed by atoms with Gasteiger partial charge in [0, 0.05) is 18.8 Å². The number of carbonyl (C=O) groups excluding carboxylic acids is 1. The zero-order chi connectivity index (χ0) is 12.8. The number of nitrogens with zero attached hydrogens (tertiary/aromatic N) is 2. The molecule has 4 nitrogen and oxygen atoms in total. The van der Waals surface area contributed by atoms with Gasteiger partial charge in [0.15, 0.2) is 0 Å². The molecule has 0 spiro atoms. The summed E-state index contributed by atoms with van der Waals surface area (Å²) in [5.41, 5.74) is 7.89. The number of hydrogen-bond acceptors (Lipinski definition) is 3. The van der Waals surface area contributed by atoms with Gasteiger partial charge in [-0.25, -0.2) is 0 Å². The first-order chi connectivity index (χ1) is 8.10. The summed E-state index contributed by atoms with van der Waals surface area (Å²) in [6.07, 6.45) is 0.831. The zero-order valence-corrected chi connectivity index (χ0v) is 10.9. The molecule has 0 fully saturated rings. The summed E-state index contributed by atoms with van der Waals surface area (Å²) in [6.45, 7) is 7.79. The van der Waals surface area contributed by atoms with Crippen LogP contribution in [0.1, 0.15) is 35.1 Å². The molecule has 1 aromatic heterocycles. The van der Waals surface area contributed by atoms with Crippen molar-refractivity contribution >= 4 is 5.91 Å². The second-order valence-electron chi connectivity index (χ2n) is 4.11. The second-order valence-corrected chi connectivity index (χ2v) is 4.11. The van der Waals surface area contributed by atoms with Crippen LogP contribution in [0.2, 0.25) is 0 Å². The van der Waals surface area contributed by atoms with E-state index in [1.165, 1.54) is 0 Å². The van der Waals surface area contributed by atoms with Crippen LogP contribution in [-0.2, 0) is 0 Å². The molecule has 0 aliphatic carbocycles. The van der Waals surface area contributed by atoms with Crippen molar-refractivity contribution in [1.29, 1.82) is 0 Å². The maximum Gasteiger partial charge on any atom is 0.255 e. The Morgan fingerprint density at radius 1 is 1.41 bits per heavy atom. The zero-order valence-electron chi connectivity index (χ0n) is 10.9. The molecule has 0 aliphatic heterocycles. The van der Waals surface area contributed by atoms with Crippen LogP contribution >= 0.6 is 0 Å². The number of pyridine rings is 1. The molecule has 0 aromatic carbocycles. The Kier molecular flexibility index (Phi) is 5.10. The van der Waals surface area contributed by atoms with Crippen molar-refractivity contribution in [2.24, 2.45) is 5.73 Å². The molecule has 4 heteroatoms. The number of aryl methyl sites for hydroxylation is 2. The molecule has 0 unspecified atom stereocenters. The highest BCUT2D eigenvalue weighted by atomic mass is 16.2. The molecule has 0 aliphatic rings. The number of rotatable bonds is 5. The molecule has 2 N–H and O–H groups in total. The molecule has 1 amide bonds. The van der Waals surface area contributed by atoms with Crippen LogP contribution < -0.4 is 5.73 Å². The predicted molar refractivity (Wildman–Crippen MR) is 69.0 cm³/mol. The lowest BCUT2D eigenvalue weighted by Crippen LogP contribution is -2.33. The van der Waals surface area contributed by atoms with E-state index in [1.54, 1.807) is 0 Å². The quantitative estimate of drug-likeness (QED) is 0.841. The van der Waals surface area contributed by atoms with Crippen LogP contribution in [0.15, 0.2) is 12.1 Å². The van der Waals surface area contributed by atoms with E-state index >= 15 is 0 Å². The van der Waals surface area contributed by atoms with E-state index in [0.717, 1.165) is 17.8 Å². The van der Waals surface area contributed by atoms with Gasteiger partial charge in [0.2, 0.25) is 0 Å². The van der Waals surface area contributed by atoms with E-state index in [4.69, 9.17) is 5.73 Å². The van der Waals surface area contributed by atoms with Crippen molar-refractivity contribution in [3.8, 4) is 0 Å². The Morgan fingerprint density at radius 3 is 2.65 bits per heavy atom. The van der Waals surface area contributed by atoms with Gasteiger partial charge >= 0.3 is 0 Å². The second kappa shape index (κ2) is 6.35. The summed E-state index contributed by atoms with van der Waals surface area (Å²) in [7, 11) is 0. The SMILES string of the molecule is CCN(CCCN)C(=O)c1ccc(C)nc1C. The van der Waals surface area contributed by atoms with E-state index in [9.17, 15) is 4.79 Å². The fourth-order valence-electron chi connectivity index (χ4n) is 1.77. The van der Waals surface area contributed by atoms with Gasteiger partial charge in [-0.1, -0.05) is 0 Å². The Bertz CT molecular complexity index is 390. The molecule has 0 atom stereocenters. The van der Waals surface area contributed by atoms with Gasteiger partial charge in [-0.3, -0.25) is 9.78 Å². The van der Waals surface area contributed by atoms with E-state index in [1.807, 2.05) is 37.8 Å². The van der Waals surface area contributed by atoms with Gasteiger partial charge in [-0.15, -0.1) is 0 Å². The minimum Gasteiger partial charge on any atom is -0.339 e. The fourth-order valence-corrected chi connectivity index (χ4v) is 1.77. The summed E-state index contributed by atoms with van der Waals surface area (Å²) >= 11 is 0. The van der Waals surface area contributed by atoms with Gasteiger partial charge in [-0.2, -0.15) is 0 Å². The van der Waals surface area contributed by atoms with Gasteiger partial charge in [-0.05, 0) is 45.9 Å². The van der Waals surface area contributed by atoms with Gasteiger partial charge in [0.1, 0.15) is 0 Å². The smallest absolute Gasteiger partial charge is 0.255 e. The molecule has 17 heavy (non-hydrogen) atoms. The van der Waals surface area contributed by atoms with Crippen LogP contribution in [0.3, 0.4) is 0 Å². The molecule has 0 bridgehead atoms. The summed E-state index contributed by atoms with van der Waals surface area (Å²) in [5.74, 6) is 0.0472. The highest BCUT2D eigenvalue weighted by Crippen LogP contribution is 2.10. The Labute approximate surface area is 103 Å². The highest BCUT2D eigenvalue weighted by Gasteiger charge is 2.16. The lowest BCUT2D eigenvalue weighted by molar-refractivity contribution is 0.0762. The first-order valence-corrected chi connectivity index (χ1v) is 6.03. The van der Waals surface area contributed by atoms with Gasteiger partial charge < -0.3 is 10.6 Å². The Hall–Kier alpha value is -1.42. The van der Waals surface area contributed by atoms with Crippen LogP contribution in [0.25, 0.3) is 0 Å². The van der Waals surface area contributed by atoms with Crippen LogP contribution in [0, 0.1) is 13.8 Å². The minimum atomic E-state index is 0.0472. The van der Waals surface area contributed by atoms with Crippen molar-refractivity contribution in [3.63, 3.8) is 0 Å². The highest BCUT2D eigenvalue weighted by molar-refractivity contribution is 5.95. The number of aromatic nitrogens is 1. The van der Waals surface area contributed by atoms with E-state index in [0.29, 0.717) is 25.2 Å². The summed E-state index contributed by atoms with van der Waals surface area (Å²) < 4.78 is 0. The molecule has 0 radical (unpaired) electrons. The Morgan fingerprint density at radius 2 is 2.12 bits per heavy atom. The van der Waals surface area contributed by atoms with Crippen LogP contribution in [-0.4, -0.2) is 35.4 Å². The van der Waals surface area contributed by atoms with Crippen molar-refractivity contribution < 1.29 is 4.79 Å². The van der Waals surface area contributed by atoms with Crippen molar-refractivity contribution in [2.45, 2.75) is 27.2 Å². The van der Waals surface area contributed by atoms with Crippen LogP contribution in [0.4, 0.5) is 0 Å². The summed E-state index contributed by atoms with van der Waals surface area (Å²) in [6, 6.07) is 3.72. The maximum atomic E-state index is 12.3. The molecule has 1 heterocycles. The molecule has 0 saturated carbocycles. The van der Waals surface area contributed by atoms with E-state index in [2.05, 4.69) is 4.98 Å². The summed E-state index contributed by atoms with van der Waals surface area (Å²) in [5, 5.41) is 0. The number of hydrogen-bond donors (Lipinski definition) is 1. The normalized spacial score (nSPS) is 10.4. The predicted octanol–water partition coefficient (Wildman–Crippen LogP) is 1.51. The molecule has 0 saturated heterocycles. The third kappa shape index (κ3) is 3.53. The lowest BCUT2D eigenvalue weighted by atomic mass is 10.1. The number of amides is 1. The summed E-state index contributed by atoms with van der Waals surface area (Å²) in [4.78, 5) is 18.4. The van der Waals surface area contributed by atoms with Gasteiger partial charge in [0.25, 0.3) is 5.91 Å². The van der Waals surface area contributed by atoms with Crippen LogP contribution in [0.5, 0.6) is 0 Å². The van der Waals surface area contributed by atoms with Gasteiger partial charge in [0.05, 0.1) is 11.3 Å². The molecular weight excluding hydrogens is 214 g/mol. The molecule has 1 rings (SSSR count). The lowest BCUT2D eigenvalue weighted by Gasteiger charge is -2.21. The number of carbonyl (C=O) groups is 1. The maximum absolute atomic E-state index is 12.3. The first kappa shape index (κ1) is 13.6. The largest absolute Gasteiger partial charge is 0.339 e. The Balaban J connectivity index is 2.86. The third-order valence-corrected chi connectivity index (χ3v) is 2.76. The molecule has 94 valence electrons. The molecule has 1 aromatic rings.